The molecule has 0 fully saturated rings. The molecule has 0 amide bonds. The molecule has 0 aliphatic heterocycles. The number of methoxy groups -OCH3 is 1. The number of hydrogen-bond donors (Lipinski definition) is 1. The highest BCUT2D eigenvalue weighted by Crippen LogP contribution is 2.21. The van der Waals surface area contributed by atoms with Gasteiger partial charge in [-0.1, -0.05) is 42.1 Å². The second kappa shape index (κ2) is 7.00. The first kappa shape index (κ1) is 14.5. The molecule has 0 aliphatic carbocycles. The Morgan fingerprint density at radius 2 is 1.86 bits per heavy atom. The highest BCUT2D eigenvalue weighted by molar-refractivity contribution is 7.98. The van der Waals surface area contributed by atoms with Crippen molar-refractivity contribution in [2.24, 2.45) is 0 Å². The van der Waals surface area contributed by atoms with Crippen molar-refractivity contribution in [3.05, 3.63) is 66.5 Å². The molecule has 0 saturated heterocycles. The minimum atomic E-state index is 0.819. The van der Waals surface area contributed by atoms with E-state index in [1.54, 1.807) is 30.0 Å². The summed E-state index contributed by atoms with van der Waals surface area (Å²) in [4.78, 5) is 5.96. The number of nitrogens with zero attached hydrogens (tertiary/aromatic N) is 3. The number of benzene rings is 2. The van der Waals surface area contributed by atoms with Crippen molar-refractivity contribution in [3.63, 3.8) is 0 Å². The molecule has 1 N–H and O–H groups in total. The maximum atomic E-state index is 5.15. The van der Waals surface area contributed by atoms with Crippen LogP contribution in [0.3, 0.4) is 0 Å². The van der Waals surface area contributed by atoms with Crippen molar-refractivity contribution >= 4 is 17.4 Å². The minimum absolute atomic E-state index is 0.819. The average Bonchev–Trinajstić information content (AvgIpc) is 3.02. The van der Waals surface area contributed by atoms with Crippen LogP contribution in [0.2, 0.25) is 0 Å². The standard InChI is InChI=1S/C16H16N4OS/c1-21-15-9-7-14(8-10-15)19-20-16(17-12-18-20)22-11-13-5-3-2-4-6-13/h2-10,12,19H,11H2,1H3. The van der Waals surface area contributed by atoms with Gasteiger partial charge in [0.1, 0.15) is 12.1 Å². The monoisotopic (exact) mass is 312 g/mol. The molecular weight excluding hydrogens is 296 g/mol. The molecule has 0 aliphatic rings. The van der Waals surface area contributed by atoms with Crippen LogP contribution in [0.25, 0.3) is 0 Å². The van der Waals surface area contributed by atoms with Gasteiger partial charge in [-0.3, -0.25) is 5.43 Å². The molecule has 1 aromatic heterocycles. The number of thioether (sulfide) groups is 1. The maximum Gasteiger partial charge on any atom is 0.208 e. The van der Waals surface area contributed by atoms with E-state index in [2.05, 4.69) is 27.6 Å². The van der Waals surface area contributed by atoms with Crippen LogP contribution in [0.15, 0.2) is 66.1 Å². The zero-order valence-electron chi connectivity index (χ0n) is 12.1. The molecule has 3 aromatic rings. The Kier molecular flexibility index (Phi) is 4.60. The van der Waals surface area contributed by atoms with Gasteiger partial charge in [-0.05, 0) is 29.8 Å². The predicted octanol–water partition coefficient (Wildman–Crippen LogP) is 3.45. The first-order chi connectivity index (χ1) is 10.8. The van der Waals surface area contributed by atoms with Crippen LogP contribution in [0, 0.1) is 0 Å². The lowest BCUT2D eigenvalue weighted by molar-refractivity contribution is 0.415. The lowest BCUT2D eigenvalue weighted by Crippen LogP contribution is -2.12. The zero-order chi connectivity index (χ0) is 15.2. The second-order valence-corrected chi connectivity index (χ2v) is 5.51. The predicted molar refractivity (Wildman–Crippen MR) is 88.0 cm³/mol. The Balaban J connectivity index is 1.66. The topological polar surface area (TPSA) is 52.0 Å². The SMILES string of the molecule is COc1ccc(Nn2ncnc2SCc2ccccc2)cc1. The largest absolute Gasteiger partial charge is 0.497 e. The first-order valence-corrected chi connectivity index (χ1v) is 7.81. The van der Waals surface area contributed by atoms with Gasteiger partial charge < -0.3 is 4.74 Å². The molecule has 0 bridgehead atoms. The van der Waals surface area contributed by atoms with Gasteiger partial charge in [-0.25, -0.2) is 4.98 Å². The molecule has 0 atom stereocenters. The van der Waals surface area contributed by atoms with Crippen LogP contribution in [0.1, 0.15) is 5.56 Å². The van der Waals surface area contributed by atoms with Gasteiger partial charge in [-0.15, -0.1) is 9.89 Å². The van der Waals surface area contributed by atoms with Crippen molar-refractivity contribution in [1.29, 1.82) is 0 Å². The molecule has 22 heavy (non-hydrogen) atoms. The van der Waals surface area contributed by atoms with Gasteiger partial charge in [0.25, 0.3) is 0 Å². The molecule has 2 aromatic carbocycles. The van der Waals surface area contributed by atoms with E-state index in [-0.39, 0.29) is 0 Å². The fourth-order valence-corrected chi connectivity index (χ4v) is 2.74. The molecule has 0 saturated carbocycles. The van der Waals surface area contributed by atoms with E-state index >= 15 is 0 Å². The lowest BCUT2D eigenvalue weighted by atomic mass is 10.2. The van der Waals surface area contributed by atoms with Crippen LogP contribution < -0.4 is 10.2 Å². The van der Waals surface area contributed by atoms with Crippen molar-refractivity contribution in [3.8, 4) is 5.75 Å². The van der Waals surface area contributed by atoms with Crippen molar-refractivity contribution in [1.82, 2.24) is 14.9 Å². The van der Waals surface area contributed by atoms with E-state index in [1.807, 2.05) is 42.5 Å². The van der Waals surface area contributed by atoms with Gasteiger partial charge in [0, 0.05) is 5.75 Å². The van der Waals surface area contributed by atoms with E-state index in [9.17, 15) is 0 Å². The normalized spacial score (nSPS) is 10.4. The summed E-state index contributed by atoms with van der Waals surface area (Å²) in [6, 6.07) is 18.0. The highest BCUT2D eigenvalue weighted by Gasteiger charge is 2.06. The molecule has 5 nitrogen and oxygen atoms in total. The summed E-state index contributed by atoms with van der Waals surface area (Å²) in [5, 5.41) is 5.03. The second-order valence-electron chi connectivity index (χ2n) is 4.57. The average molecular weight is 312 g/mol. The van der Waals surface area contributed by atoms with Gasteiger partial charge in [0.15, 0.2) is 0 Å². The Bertz CT molecular complexity index is 713. The summed E-state index contributed by atoms with van der Waals surface area (Å²) < 4.78 is 5.15. The van der Waals surface area contributed by atoms with E-state index in [1.165, 1.54) is 5.56 Å². The zero-order valence-corrected chi connectivity index (χ0v) is 13.0. The van der Waals surface area contributed by atoms with E-state index in [0.717, 1.165) is 22.3 Å². The van der Waals surface area contributed by atoms with Crippen molar-refractivity contribution in [2.45, 2.75) is 10.9 Å². The Hall–Kier alpha value is -2.47. The first-order valence-electron chi connectivity index (χ1n) is 6.83. The third kappa shape index (κ3) is 3.59. The third-order valence-corrected chi connectivity index (χ3v) is 4.07. The Morgan fingerprint density at radius 3 is 2.59 bits per heavy atom. The number of nitrogens with one attached hydrogen (secondary N) is 1. The summed E-state index contributed by atoms with van der Waals surface area (Å²) in [6.45, 7) is 0. The molecule has 6 heteroatoms. The molecular formula is C16H16N4OS. The van der Waals surface area contributed by atoms with Gasteiger partial charge in [-0.2, -0.15) is 0 Å². The maximum absolute atomic E-state index is 5.15. The number of anilines is 1. The Labute approximate surface area is 133 Å². The van der Waals surface area contributed by atoms with Gasteiger partial charge in [0.05, 0.1) is 12.8 Å². The number of hydrogen-bond acceptors (Lipinski definition) is 5. The minimum Gasteiger partial charge on any atom is -0.497 e. The van der Waals surface area contributed by atoms with Crippen LogP contribution in [-0.4, -0.2) is 22.0 Å². The fraction of sp³-hybridized carbons (Fsp3) is 0.125. The number of rotatable bonds is 6. The van der Waals surface area contributed by atoms with E-state index in [4.69, 9.17) is 4.74 Å². The van der Waals surface area contributed by atoms with Crippen molar-refractivity contribution < 1.29 is 4.74 Å². The molecule has 0 unspecified atom stereocenters. The summed E-state index contributed by atoms with van der Waals surface area (Å²) in [7, 11) is 1.65. The quantitative estimate of drug-likeness (QED) is 0.707. The van der Waals surface area contributed by atoms with E-state index in [0.29, 0.717) is 0 Å². The van der Waals surface area contributed by atoms with Crippen LogP contribution >= 0.6 is 11.8 Å². The molecule has 1 heterocycles. The van der Waals surface area contributed by atoms with Crippen molar-refractivity contribution in [2.75, 3.05) is 12.5 Å². The third-order valence-electron chi connectivity index (χ3n) is 3.05. The van der Waals surface area contributed by atoms with E-state index < -0.39 is 0 Å². The smallest absolute Gasteiger partial charge is 0.208 e. The van der Waals surface area contributed by atoms with Crippen LogP contribution in [0.4, 0.5) is 5.69 Å². The van der Waals surface area contributed by atoms with Gasteiger partial charge in [0.2, 0.25) is 5.16 Å². The lowest BCUT2D eigenvalue weighted by Gasteiger charge is -2.09. The molecule has 0 spiro atoms. The van der Waals surface area contributed by atoms with Crippen LogP contribution in [-0.2, 0) is 5.75 Å². The summed E-state index contributed by atoms with van der Waals surface area (Å²) in [5.41, 5.74) is 5.39. The van der Waals surface area contributed by atoms with Crippen LogP contribution in [0.5, 0.6) is 5.75 Å². The number of aromatic nitrogens is 3. The summed E-state index contributed by atoms with van der Waals surface area (Å²) >= 11 is 1.64. The van der Waals surface area contributed by atoms with Gasteiger partial charge >= 0.3 is 0 Å². The molecule has 0 radical (unpaired) electrons. The Morgan fingerprint density at radius 1 is 1.09 bits per heavy atom. The fourth-order valence-electron chi connectivity index (χ4n) is 1.92. The molecule has 3 rings (SSSR count). The highest BCUT2D eigenvalue weighted by atomic mass is 32.2. The number of ether oxygens (including phenoxy) is 1. The summed E-state index contributed by atoms with van der Waals surface area (Å²) in [6.07, 6.45) is 1.55. The molecule has 112 valence electrons. The summed E-state index contributed by atoms with van der Waals surface area (Å²) in [5.74, 6) is 1.67.